The molecule has 0 radical (unpaired) electrons. The first-order valence-corrected chi connectivity index (χ1v) is 6.86. The summed E-state index contributed by atoms with van der Waals surface area (Å²) in [7, 11) is 0. The van der Waals surface area contributed by atoms with Crippen LogP contribution in [0.1, 0.15) is 24.9 Å². The van der Waals surface area contributed by atoms with Crippen molar-refractivity contribution in [2.45, 2.75) is 31.1 Å². The summed E-state index contributed by atoms with van der Waals surface area (Å²) in [5.41, 5.74) is -2.79. The van der Waals surface area contributed by atoms with E-state index in [9.17, 15) is 23.1 Å². The van der Waals surface area contributed by atoms with Gasteiger partial charge in [-0.05, 0) is 12.5 Å². The Labute approximate surface area is 131 Å². The second-order valence-corrected chi connectivity index (χ2v) is 4.79. The molecule has 126 valence electrons. The van der Waals surface area contributed by atoms with E-state index in [1.807, 2.05) is 0 Å². The predicted molar refractivity (Wildman–Crippen MR) is 75.1 cm³/mol. The highest BCUT2D eigenvalue weighted by molar-refractivity contribution is 5.72. The monoisotopic (exact) mass is 330 g/mol. The fraction of sp³-hybridized carbons (Fsp3) is 0.467. The Morgan fingerprint density at radius 2 is 2.00 bits per heavy atom. The first-order chi connectivity index (χ1) is 10.8. The van der Waals surface area contributed by atoms with E-state index < -0.39 is 36.8 Å². The lowest BCUT2D eigenvalue weighted by Gasteiger charge is -2.33. The molecule has 0 aliphatic rings. The van der Waals surface area contributed by atoms with Gasteiger partial charge < -0.3 is 9.84 Å². The predicted octanol–water partition coefficient (Wildman–Crippen LogP) is 2.09. The van der Waals surface area contributed by atoms with E-state index in [0.717, 1.165) is 6.07 Å². The van der Waals surface area contributed by atoms with E-state index >= 15 is 0 Å². The van der Waals surface area contributed by atoms with Crippen molar-refractivity contribution in [1.29, 1.82) is 5.26 Å². The van der Waals surface area contributed by atoms with Crippen LogP contribution in [0, 0.1) is 11.3 Å². The molecule has 1 aromatic carbocycles. The molecule has 0 aliphatic carbocycles. The fourth-order valence-corrected chi connectivity index (χ4v) is 2.01. The lowest BCUT2D eigenvalue weighted by atomic mass is 9.93. The number of nitrogens with zero attached hydrogens (tertiary/aromatic N) is 1. The van der Waals surface area contributed by atoms with E-state index in [4.69, 9.17) is 5.26 Å². The number of hydrogen-bond acceptors (Lipinski definition) is 5. The molecule has 1 rings (SSSR count). The van der Waals surface area contributed by atoms with Crippen LogP contribution in [0.15, 0.2) is 30.3 Å². The molecule has 0 amide bonds. The van der Waals surface area contributed by atoms with Crippen molar-refractivity contribution in [2.75, 3.05) is 13.2 Å². The molecule has 0 fully saturated rings. The highest BCUT2D eigenvalue weighted by Crippen LogP contribution is 2.35. The van der Waals surface area contributed by atoms with Crippen LogP contribution in [-0.4, -0.2) is 36.0 Å². The Morgan fingerprint density at radius 1 is 1.39 bits per heavy atom. The lowest BCUT2D eigenvalue weighted by Crippen LogP contribution is -2.58. The van der Waals surface area contributed by atoms with Gasteiger partial charge >= 0.3 is 12.1 Å². The number of alkyl halides is 3. The molecule has 8 heteroatoms. The molecule has 0 unspecified atom stereocenters. The molecule has 1 aromatic rings. The molecular weight excluding hydrogens is 313 g/mol. The molecular formula is C15H17F3N2O3. The molecule has 23 heavy (non-hydrogen) atoms. The number of aliphatic hydroxyl groups is 1. The molecule has 0 heterocycles. The van der Waals surface area contributed by atoms with E-state index in [2.05, 4.69) is 10.1 Å². The average molecular weight is 330 g/mol. The zero-order valence-electron chi connectivity index (χ0n) is 12.4. The molecule has 2 atom stereocenters. The number of hydrogen-bond donors (Lipinski definition) is 2. The normalized spacial score (nSPS) is 15.3. The molecule has 0 spiro atoms. The van der Waals surface area contributed by atoms with Crippen molar-refractivity contribution in [1.82, 2.24) is 5.32 Å². The topological polar surface area (TPSA) is 82.4 Å². The van der Waals surface area contributed by atoms with E-state index in [-0.39, 0.29) is 6.61 Å². The Morgan fingerprint density at radius 3 is 2.43 bits per heavy atom. The quantitative estimate of drug-likeness (QED) is 0.748. The van der Waals surface area contributed by atoms with Crippen molar-refractivity contribution < 1.29 is 27.8 Å². The number of ether oxygens (including phenoxy) is 1. The van der Waals surface area contributed by atoms with Gasteiger partial charge in [0.25, 0.3) is 0 Å². The van der Waals surface area contributed by atoms with Crippen molar-refractivity contribution in [3.8, 4) is 6.07 Å². The van der Waals surface area contributed by atoms with Gasteiger partial charge in [-0.25, -0.2) is 0 Å². The van der Waals surface area contributed by atoms with Crippen molar-refractivity contribution in [2.24, 2.45) is 0 Å². The highest BCUT2D eigenvalue weighted by Gasteiger charge is 2.58. The van der Waals surface area contributed by atoms with Gasteiger partial charge in [0.05, 0.1) is 31.7 Å². The zero-order chi connectivity index (χ0) is 17.5. The summed E-state index contributed by atoms with van der Waals surface area (Å²) in [6, 6.07) is 7.84. The Bertz CT molecular complexity index is 557. The molecule has 0 aromatic heterocycles. The summed E-state index contributed by atoms with van der Waals surface area (Å²) >= 11 is 0. The number of nitriles is 1. The minimum atomic E-state index is -5.03. The van der Waals surface area contributed by atoms with Crippen LogP contribution < -0.4 is 5.32 Å². The largest absolute Gasteiger partial charge is 0.466 e. The van der Waals surface area contributed by atoms with Crippen LogP contribution in [0.5, 0.6) is 0 Å². The highest BCUT2D eigenvalue weighted by atomic mass is 19.4. The fourth-order valence-electron chi connectivity index (χ4n) is 2.01. The zero-order valence-corrected chi connectivity index (χ0v) is 12.4. The lowest BCUT2D eigenvalue weighted by molar-refractivity contribution is -0.191. The van der Waals surface area contributed by atoms with Gasteiger partial charge in [0.15, 0.2) is 0 Å². The van der Waals surface area contributed by atoms with Gasteiger partial charge in [0.1, 0.15) is 0 Å². The maximum atomic E-state index is 13.4. The second-order valence-electron chi connectivity index (χ2n) is 4.79. The first kappa shape index (κ1) is 18.9. The van der Waals surface area contributed by atoms with Gasteiger partial charge in [-0.15, -0.1) is 0 Å². The number of benzene rings is 1. The molecule has 0 saturated heterocycles. The number of esters is 1. The SMILES string of the molecule is CCOC(=O)C[C@@](C#N)(N[C@@H](CO)c1ccccc1)C(F)(F)F. The van der Waals surface area contributed by atoms with Crippen molar-refractivity contribution in [3.63, 3.8) is 0 Å². The average Bonchev–Trinajstić information content (AvgIpc) is 2.51. The van der Waals surface area contributed by atoms with Crippen molar-refractivity contribution >= 4 is 5.97 Å². The van der Waals surface area contributed by atoms with Crippen molar-refractivity contribution in [3.05, 3.63) is 35.9 Å². The first-order valence-electron chi connectivity index (χ1n) is 6.86. The summed E-state index contributed by atoms with van der Waals surface area (Å²) in [5.74, 6) is -1.15. The van der Waals surface area contributed by atoms with Gasteiger partial charge in [0.2, 0.25) is 5.54 Å². The number of carbonyl (C=O) groups excluding carboxylic acids is 1. The Kier molecular flexibility index (Phi) is 6.54. The summed E-state index contributed by atoms with van der Waals surface area (Å²) in [6.07, 6.45) is -6.24. The third-order valence-electron chi connectivity index (χ3n) is 3.19. The van der Waals surface area contributed by atoms with Crippen LogP contribution in [0.3, 0.4) is 0 Å². The van der Waals surface area contributed by atoms with Crippen LogP contribution in [0.25, 0.3) is 0 Å². The standard InChI is InChI=1S/C15H17F3N2O3/c1-2-23-13(22)8-14(10-19,15(16,17)18)20-12(9-21)11-6-4-3-5-7-11/h3-7,12,20-21H,2,8-9H2,1H3/t12-,14-/m0/s1. The number of nitrogens with one attached hydrogen (secondary N) is 1. The van der Waals surface area contributed by atoms with Crippen LogP contribution in [0.2, 0.25) is 0 Å². The molecule has 0 bridgehead atoms. The third-order valence-corrected chi connectivity index (χ3v) is 3.19. The maximum Gasteiger partial charge on any atom is 0.420 e. The van der Waals surface area contributed by atoms with E-state index in [1.165, 1.54) is 19.1 Å². The molecule has 5 nitrogen and oxygen atoms in total. The Hall–Kier alpha value is -2.11. The van der Waals surface area contributed by atoms with Crippen LogP contribution >= 0.6 is 0 Å². The Balaban J connectivity index is 3.14. The number of carbonyl (C=O) groups is 1. The summed E-state index contributed by atoms with van der Waals surface area (Å²) in [4.78, 5) is 11.5. The van der Waals surface area contributed by atoms with Gasteiger partial charge in [0, 0.05) is 0 Å². The van der Waals surface area contributed by atoms with Gasteiger partial charge in [-0.3, -0.25) is 10.1 Å². The van der Waals surface area contributed by atoms with E-state index in [1.54, 1.807) is 18.2 Å². The summed E-state index contributed by atoms with van der Waals surface area (Å²) < 4.78 is 44.8. The smallest absolute Gasteiger partial charge is 0.420 e. The summed E-state index contributed by atoms with van der Waals surface area (Å²) in [6.45, 7) is 0.681. The van der Waals surface area contributed by atoms with E-state index in [0.29, 0.717) is 5.56 Å². The maximum absolute atomic E-state index is 13.4. The molecule has 0 saturated carbocycles. The molecule has 0 aliphatic heterocycles. The summed E-state index contributed by atoms with van der Waals surface area (Å²) in [5, 5.41) is 20.6. The number of halogens is 3. The molecule has 2 N–H and O–H groups in total. The number of rotatable bonds is 7. The van der Waals surface area contributed by atoms with Crippen LogP contribution in [0.4, 0.5) is 13.2 Å². The van der Waals surface area contributed by atoms with Gasteiger partial charge in [-0.2, -0.15) is 18.4 Å². The third kappa shape index (κ3) is 4.68. The van der Waals surface area contributed by atoms with Crippen LogP contribution in [-0.2, 0) is 9.53 Å². The minimum absolute atomic E-state index is 0.0969. The minimum Gasteiger partial charge on any atom is -0.466 e. The van der Waals surface area contributed by atoms with Gasteiger partial charge in [-0.1, -0.05) is 30.3 Å². The number of aliphatic hydroxyl groups excluding tert-OH is 1. The second kappa shape index (κ2) is 7.94.